The Morgan fingerprint density at radius 2 is 1.75 bits per heavy atom. The van der Waals surface area contributed by atoms with Gasteiger partial charge in [0.25, 0.3) is 0 Å². The van der Waals surface area contributed by atoms with E-state index in [1.165, 1.54) is 28.3 Å². The molecule has 5 atom stereocenters. The summed E-state index contributed by atoms with van der Waals surface area (Å²) in [5.41, 5.74) is 0. The van der Waals surface area contributed by atoms with Gasteiger partial charge in [-0.2, -0.15) is 0 Å². The fourth-order valence-electron chi connectivity index (χ4n) is 2.14. The third-order valence-electron chi connectivity index (χ3n) is 2.86. The first kappa shape index (κ1) is 13.8. The zero-order valence-electron chi connectivity index (χ0n) is 9.97. The molecule has 0 saturated carbocycles. The summed E-state index contributed by atoms with van der Waals surface area (Å²) in [5.74, 6) is -1.60. The zero-order chi connectivity index (χ0) is 12.3. The van der Waals surface area contributed by atoms with Gasteiger partial charge in [0, 0.05) is 21.3 Å². The minimum atomic E-state index is -1.60. The zero-order valence-corrected chi connectivity index (χ0v) is 9.97. The summed E-state index contributed by atoms with van der Waals surface area (Å²) in [6.45, 7) is 0.659. The number of rotatable bonds is 4. The van der Waals surface area contributed by atoms with Crippen LogP contribution in [-0.4, -0.2) is 63.3 Å². The molecule has 0 spiro atoms. The van der Waals surface area contributed by atoms with Crippen molar-refractivity contribution in [1.82, 2.24) is 0 Å². The van der Waals surface area contributed by atoms with E-state index >= 15 is 0 Å². The van der Waals surface area contributed by atoms with Gasteiger partial charge in [-0.1, -0.05) is 0 Å². The Kier molecular flexibility index (Phi) is 4.63. The SMILES string of the molecule is CO[C@H]1[C@H](OC)[C@H](OC)[C@@](C)(O)O[C@@H]1CF. The number of aliphatic hydroxyl groups is 1. The topological polar surface area (TPSA) is 57.2 Å². The maximum Gasteiger partial charge on any atom is 0.192 e. The molecule has 0 aromatic heterocycles. The molecule has 16 heavy (non-hydrogen) atoms. The summed E-state index contributed by atoms with van der Waals surface area (Å²) in [6.07, 6.45) is -2.79. The molecule has 0 aromatic rings. The second kappa shape index (κ2) is 5.37. The largest absolute Gasteiger partial charge is 0.376 e. The molecular weight excluding hydrogens is 219 g/mol. The van der Waals surface area contributed by atoms with Gasteiger partial charge in [0.15, 0.2) is 5.79 Å². The summed E-state index contributed by atoms with van der Waals surface area (Å²) in [7, 11) is 4.33. The number of halogens is 1. The molecule has 0 unspecified atom stereocenters. The van der Waals surface area contributed by atoms with Crippen LogP contribution in [0.25, 0.3) is 0 Å². The maximum atomic E-state index is 12.8. The van der Waals surface area contributed by atoms with E-state index in [2.05, 4.69) is 0 Å². The normalized spacial score (nSPS) is 44.6. The van der Waals surface area contributed by atoms with Gasteiger partial charge in [-0.15, -0.1) is 0 Å². The molecule has 0 radical (unpaired) electrons. The molecule has 96 valence electrons. The highest BCUT2D eigenvalue weighted by molar-refractivity contribution is 4.96. The van der Waals surface area contributed by atoms with Gasteiger partial charge < -0.3 is 24.1 Å². The first-order valence-corrected chi connectivity index (χ1v) is 5.06. The first-order valence-electron chi connectivity index (χ1n) is 5.06. The quantitative estimate of drug-likeness (QED) is 0.753. The molecular formula is C10H19FO5. The monoisotopic (exact) mass is 238 g/mol. The molecule has 1 rings (SSSR count). The van der Waals surface area contributed by atoms with E-state index in [9.17, 15) is 9.50 Å². The van der Waals surface area contributed by atoms with Gasteiger partial charge in [0.2, 0.25) is 0 Å². The molecule has 0 amide bonds. The van der Waals surface area contributed by atoms with Crippen LogP contribution in [0.4, 0.5) is 4.39 Å². The highest BCUT2D eigenvalue weighted by Gasteiger charge is 2.52. The van der Waals surface area contributed by atoms with Gasteiger partial charge in [-0.25, -0.2) is 4.39 Å². The Morgan fingerprint density at radius 3 is 2.12 bits per heavy atom. The molecule has 1 aliphatic heterocycles. The van der Waals surface area contributed by atoms with Crippen LogP contribution >= 0.6 is 0 Å². The number of alkyl halides is 1. The molecule has 1 aliphatic rings. The average Bonchev–Trinajstić information content (AvgIpc) is 2.26. The highest BCUT2D eigenvalue weighted by Crippen LogP contribution is 2.32. The van der Waals surface area contributed by atoms with Gasteiger partial charge in [0.05, 0.1) is 0 Å². The van der Waals surface area contributed by atoms with Crippen LogP contribution in [-0.2, 0) is 18.9 Å². The van der Waals surface area contributed by atoms with E-state index in [0.29, 0.717) is 0 Å². The molecule has 0 bridgehead atoms. The standard InChI is InChI=1S/C10H19FO5/c1-10(12)9(15-4)8(14-3)7(13-2)6(5-11)16-10/h6-9,12H,5H2,1-4H3/t6-,7-,8+,9+,10+/m1/s1. The van der Waals surface area contributed by atoms with Crippen molar-refractivity contribution in [1.29, 1.82) is 0 Å². The maximum absolute atomic E-state index is 12.8. The van der Waals surface area contributed by atoms with Crippen molar-refractivity contribution in [2.45, 2.75) is 37.1 Å². The van der Waals surface area contributed by atoms with Crippen LogP contribution in [0.5, 0.6) is 0 Å². The summed E-state index contributed by atoms with van der Waals surface area (Å²) in [4.78, 5) is 0. The summed E-state index contributed by atoms with van der Waals surface area (Å²) in [6, 6.07) is 0. The Bertz CT molecular complexity index is 223. The fraction of sp³-hybridized carbons (Fsp3) is 1.00. The lowest BCUT2D eigenvalue weighted by atomic mass is 9.93. The van der Waals surface area contributed by atoms with Crippen LogP contribution < -0.4 is 0 Å². The summed E-state index contributed by atoms with van der Waals surface area (Å²) >= 11 is 0. The molecule has 1 fully saturated rings. The van der Waals surface area contributed by atoms with Crippen molar-refractivity contribution >= 4 is 0 Å². The van der Waals surface area contributed by atoms with E-state index < -0.39 is 36.9 Å². The highest BCUT2D eigenvalue weighted by atomic mass is 19.1. The molecule has 1 saturated heterocycles. The van der Waals surface area contributed by atoms with Crippen LogP contribution in [0.15, 0.2) is 0 Å². The van der Waals surface area contributed by atoms with Crippen LogP contribution in [0.3, 0.4) is 0 Å². The predicted octanol–water partition coefficient (Wildman–Crippen LogP) is 0.108. The van der Waals surface area contributed by atoms with E-state index in [1.807, 2.05) is 0 Å². The molecule has 5 nitrogen and oxygen atoms in total. The van der Waals surface area contributed by atoms with E-state index in [-0.39, 0.29) is 0 Å². The van der Waals surface area contributed by atoms with Gasteiger partial charge in [-0.3, -0.25) is 0 Å². The van der Waals surface area contributed by atoms with E-state index in [1.54, 1.807) is 0 Å². The van der Waals surface area contributed by atoms with Crippen LogP contribution in [0.1, 0.15) is 6.92 Å². The van der Waals surface area contributed by atoms with Gasteiger partial charge in [0.1, 0.15) is 31.1 Å². The molecule has 0 aliphatic carbocycles. The summed E-state index contributed by atoms with van der Waals surface area (Å²) < 4.78 is 33.5. The fourth-order valence-corrected chi connectivity index (χ4v) is 2.14. The summed E-state index contributed by atoms with van der Waals surface area (Å²) in [5, 5.41) is 10.0. The molecule has 6 heteroatoms. The third kappa shape index (κ3) is 2.36. The smallest absolute Gasteiger partial charge is 0.192 e. The average molecular weight is 238 g/mol. The van der Waals surface area contributed by atoms with Crippen molar-refractivity contribution in [3.05, 3.63) is 0 Å². The van der Waals surface area contributed by atoms with Crippen molar-refractivity contribution in [3.8, 4) is 0 Å². The van der Waals surface area contributed by atoms with Gasteiger partial charge in [-0.05, 0) is 6.92 Å². The van der Waals surface area contributed by atoms with Crippen LogP contribution in [0, 0.1) is 0 Å². The Morgan fingerprint density at radius 1 is 1.19 bits per heavy atom. The Balaban J connectivity index is 2.95. The van der Waals surface area contributed by atoms with Crippen molar-refractivity contribution in [2.24, 2.45) is 0 Å². The van der Waals surface area contributed by atoms with Crippen molar-refractivity contribution in [3.63, 3.8) is 0 Å². The lowest BCUT2D eigenvalue weighted by Gasteiger charge is -2.47. The minimum Gasteiger partial charge on any atom is -0.376 e. The van der Waals surface area contributed by atoms with Gasteiger partial charge >= 0.3 is 0 Å². The third-order valence-corrected chi connectivity index (χ3v) is 2.86. The number of hydrogen-bond donors (Lipinski definition) is 1. The number of hydrogen-bond acceptors (Lipinski definition) is 5. The second-order valence-corrected chi connectivity index (χ2v) is 3.92. The Hall–Kier alpha value is -0.270. The first-order chi connectivity index (χ1) is 7.51. The predicted molar refractivity (Wildman–Crippen MR) is 53.9 cm³/mol. The lowest BCUT2D eigenvalue weighted by Crippen LogP contribution is -2.65. The van der Waals surface area contributed by atoms with Crippen molar-refractivity contribution < 1.29 is 28.4 Å². The number of methoxy groups -OCH3 is 3. The molecule has 1 N–H and O–H groups in total. The van der Waals surface area contributed by atoms with Crippen LogP contribution in [0.2, 0.25) is 0 Å². The molecule has 0 aromatic carbocycles. The second-order valence-electron chi connectivity index (χ2n) is 3.92. The van der Waals surface area contributed by atoms with Crippen molar-refractivity contribution in [2.75, 3.05) is 28.0 Å². The molecule has 1 heterocycles. The Labute approximate surface area is 94.4 Å². The minimum absolute atomic E-state index is 0.584. The van der Waals surface area contributed by atoms with E-state index in [0.717, 1.165) is 0 Å². The lowest BCUT2D eigenvalue weighted by molar-refractivity contribution is -0.348. The van der Waals surface area contributed by atoms with E-state index in [4.69, 9.17) is 18.9 Å². The number of ether oxygens (including phenoxy) is 4.